The number of aliphatic hydroxyl groups excluding tert-OH is 1. The molecule has 128 valence electrons. The Morgan fingerprint density at radius 1 is 0.917 bits per heavy atom. The second kappa shape index (κ2) is 7.75. The average Bonchev–Trinajstić information content (AvgIpc) is 2.59. The number of ether oxygens (including phenoxy) is 4. The molecule has 1 unspecified atom stereocenters. The summed E-state index contributed by atoms with van der Waals surface area (Å²) < 4.78 is 21.9. The van der Waals surface area contributed by atoms with Gasteiger partial charge in [0.2, 0.25) is 5.75 Å². The van der Waals surface area contributed by atoms with Crippen molar-refractivity contribution in [3.63, 3.8) is 0 Å². The van der Waals surface area contributed by atoms with Gasteiger partial charge in [-0.3, -0.25) is 0 Å². The van der Waals surface area contributed by atoms with Crippen molar-refractivity contribution in [2.45, 2.75) is 13.2 Å². The first-order valence-corrected chi connectivity index (χ1v) is 7.46. The van der Waals surface area contributed by atoms with Gasteiger partial charge in [0.25, 0.3) is 0 Å². The molecule has 1 atom stereocenters. The number of methoxy groups -OCH3 is 3. The number of hydrogen-bond donors (Lipinski definition) is 1. The van der Waals surface area contributed by atoms with E-state index in [1.807, 2.05) is 24.3 Å². The highest BCUT2D eigenvalue weighted by molar-refractivity contribution is 5.83. The maximum atomic E-state index is 9.67. The molecular weight excluding hydrogens is 308 g/mol. The molecule has 0 saturated heterocycles. The van der Waals surface area contributed by atoms with Crippen LogP contribution in [0.2, 0.25) is 0 Å². The molecule has 0 aliphatic rings. The lowest BCUT2D eigenvalue weighted by Gasteiger charge is -2.20. The standard InChI is InChI=1S/C19H22O5/c1-6-13-8-7-9-14(17(13)24-12(2)20)15-10-11-16(21-3)19(23-5)18(15)22-4/h6-12,20H,1H2,2-5H3. The summed E-state index contributed by atoms with van der Waals surface area (Å²) in [6.07, 6.45) is 0.713. The van der Waals surface area contributed by atoms with Gasteiger partial charge < -0.3 is 24.1 Å². The first-order valence-electron chi connectivity index (χ1n) is 7.46. The minimum atomic E-state index is -0.962. The summed E-state index contributed by atoms with van der Waals surface area (Å²) in [6, 6.07) is 9.29. The van der Waals surface area contributed by atoms with Gasteiger partial charge in [0.1, 0.15) is 5.75 Å². The smallest absolute Gasteiger partial charge is 0.203 e. The maximum absolute atomic E-state index is 9.67. The van der Waals surface area contributed by atoms with Crippen LogP contribution < -0.4 is 18.9 Å². The van der Waals surface area contributed by atoms with E-state index in [1.165, 1.54) is 0 Å². The van der Waals surface area contributed by atoms with Crippen LogP contribution in [0, 0.1) is 0 Å². The molecule has 0 aliphatic carbocycles. The molecule has 0 fully saturated rings. The summed E-state index contributed by atoms with van der Waals surface area (Å²) in [4.78, 5) is 0. The summed E-state index contributed by atoms with van der Waals surface area (Å²) in [5, 5.41) is 9.67. The number of aliphatic hydroxyl groups is 1. The van der Waals surface area contributed by atoms with Gasteiger partial charge in [-0.05, 0) is 19.1 Å². The fraction of sp³-hybridized carbons (Fsp3) is 0.263. The molecule has 1 N–H and O–H groups in total. The Bertz CT molecular complexity index is 722. The predicted molar refractivity (Wildman–Crippen MR) is 93.9 cm³/mol. The van der Waals surface area contributed by atoms with Crippen LogP contribution in [0.25, 0.3) is 17.2 Å². The van der Waals surface area contributed by atoms with Crippen molar-refractivity contribution in [3.05, 3.63) is 42.5 Å². The van der Waals surface area contributed by atoms with E-state index >= 15 is 0 Å². The minimum Gasteiger partial charge on any atom is -0.493 e. The largest absolute Gasteiger partial charge is 0.493 e. The van der Waals surface area contributed by atoms with E-state index in [1.54, 1.807) is 40.4 Å². The van der Waals surface area contributed by atoms with Gasteiger partial charge in [0.15, 0.2) is 17.8 Å². The van der Waals surface area contributed by atoms with Crippen LogP contribution in [0.4, 0.5) is 0 Å². The Labute approximate surface area is 142 Å². The predicted octanol–water partition coefficient (Wildman–Crippen LogP) is 3.74. The molecule has 0 radical (unpaired) electrons. The molecule has 5 nitrogen and oxygen atoms in total. The third kappa shape index (κ3) is 3.31. The normalized spacial score (nSPS) is 11.5. The van der Waals surface area contributed by atoms with E-state index < -0.39 is 6.29 Å². The Hall–Kier alpha value is -2.66. The van der Waals surface area contributed by atoms with Gasteiger partial charge in [0.05, 0.1) is 21.3 Å². The highest BCUT2D eigenvalue weighted by atomic mass is 16.6. The monoisotopic (exact) mass is 330 g/mol. The molecule has 2 aromatic rings. The molecule has 0 spiro atoms. The van der Waals surface area contributed by atoms with Crippen molar-refractivity contribution in [2.24, 2.45) is 0 Å². The molecule has 0 bridgehead atoms. The SMILES string of the molecule is C=Cc1cccc(-c2ccc(OC)c(OC)c2OC)c1OC(C)O. The summed E-state index contributed by atoms with van der Waals surface area (Å²) in [6.45, 7) is 5.35. The zero-order valence-corrected chi connectivity index (χ0v) is 14.3. The second-order valence-corrected chi connectivity index (χ2v) is 5.03. The first-order chi connectivity index (χ1) is 11.6. The van der Waals surface area contributed by atoms with Gasteiger partial charge in [-0.2, -0.15) is 0 Å². The molecule has 2 rings (SSSR count). The summed E-state index contributed by atoms with van der Waals surface area (Å²) in [5.41, 5.74) is 2.28. The van der Waals surface area contributed by atoms with Crippen LogP contribution in [-0.2, 0) is 0 Å². The lowest BCUT2D eigenvalue weighted by Crippen LogP contribution is -2.11. The van der Waals surface area contributed by atoms with Crippen LogP contribution in [0.1, 0.15) is 12.5 Å². The van der Waals surface area contributed by atoms with Crippen LogP contribution in [-0.4, -0.2) is 32.7 Å². The average molecular weight is 330 g/mol. The Morgan fingerprint density at radius 3 is 2.12 bits per heavy atom. The number of benzene rings is 2. The van der Waals surface area contributed by atoms with Gasteiger partial charge in [-0.15, -0.1) is 0 Å². The molecule has 0 aliphatic heterocycles. The lowest BCUT2D eigenvalue weighted by molar-refractivity contribution is -0.0000302. The zero-order chi connectivity index (χ0) is 17.7. The molecule has 0 aromatic heterocycles. The summed E-state index contributed by atoms with van der Waals surface area (Å²) >= 11 is 0. The number of para-hydroxylation sites is 1. The molecule has 2 aromatic carbocycles. The van der Waals surface area contributed by atoms with Crippen molar-refractivity contribution in [3.8, 4) is 34.1 Å². The molecular formula is C19H22O5. The fourth-order valence-corrected chi connectivity index (χ4v) is 2.54. The van der Waals surface area contributed by atoms with E-state index in [0.29, 0.717) is 23.0 Å². The van der Waals surface area contributed by atoms with Crippen molar-refractivity contribution in [1.29, 1.82) is 0 Å². The lowest BCUT2D eigenvalue weighted by atomic mass is 9.99. The third-order valence-electron chi connectivity index (χ3n) is 3.55. The fourth-order valence-electron chi connectivity index (χ4n) is 2.54. The summed E-state index contributed by atoms with van der Waals surface area (Å²) in [5.74, 6) is 2.10. The Morgan fingerprint density at radius 2 is 1.58 bits per heavy atom. The van der Waals surface area contributed by atoms with Crippen molar-refractivity contribution in [2.75, 3.05) is 21.3 Å². The van der Waals surface area contributed by atoms with Crippen molar-refractivity contribution in [1.82, 2.24) is 0 Å². The van der Waals surface area contributed by atoms with E-state index in [0.717, 1.165) is 16.7 Å². The van der Waals surface area contributed by atoms with Crippen molar-refractivity contribution >= 4 is 6.08 Å². The summed E-state index contributed by atoms with van der Waals surface area (Å²) in [7, 11) is 4.68. The Balaban J connectivity index is 2.74. The molecule has 0 heterocycles. The highest BCUT2D eigenvalue weighted by Gasteiger charge is 2.21. The van der Waals surface area contributed by atoms with Crippen molar-refractivity contribution < 1.29 is 24.1 Å². The number of hydrogen-bond acceptors (Lipinski definition) is 5. The molecule has 0 saturated carbocycles. The van der Waals surface area contributed by atoms with Gasteiger partial charge in [-0.25, -0.2) is 0 Å². The van der Waals surface area contributed by atoms with Crippen LogP contribution >= 0.6 is 0 Å². The molecule has 24 heavy (non-hydrogen) atoms. The van der Waals surface area contributed by atoms with Gasteiger partial charge >= 0.3 is 0 Å². The topological polar surface area (TPSA) is 57.2 Å². The van der Waals surface area contributed by atoms with Crippen LogP contribution in [0.5, 0.6) is 23.0 Å². The zero-order valence-electron chi connectivity index (χ0n) is 14.3. The highest BCUT2D eigenvalue weighted by Crippen LogP contribution is 2.47. The quantitative estimate of drug-likeness (QED) is 0.784. The van der Waals surface area contributed by atoms with Crippen LogP contribution in [0.15, 0.2) is 36.9 Å². The first kappa shape index (κ1) is 17.7. The molecule has 0 amide bonds. The Kier molecular flexibility index (Phi) is 5.71. The van der Waals surface area contributed by atoms with E-state index in [4.69, 9.17) is 18.9 Å². The molecule has 5 heteroatoms. The maximum Gasteiger partial charge on any atom is 0.203 e. The van der Waals surface area contributed by atoms with E-state index in [9.17, 15) is 5.11 Å². The van der Waals surface area contributed by atoms with Crippen LogP contribution in [0.3, 0.4) is 0 Å². The minimum absolute atomic E-state index is 0.490. The van der Waals surface area contributed by atoms with Gasteiger partial charge in [-0.1, -0.05) is 30.9 Å². The van der Waals surface area contributed by atoms with E-state index in [2.05, 4.69) is 6.58 Å². The van der Waals surface area contributed by atoms with Gasteiger partial charge in [0, 0.05) is 16.7 Å². The number of rotatable bonds is 7. The van der Waals surface area contributed by atoms with E-state index in [-0.39, 0.29) is 0 Å². The third-order valence-corrected chi connectivity index (χ3v) is 3.55. The second-order valence-electron chi connectivity index (χ2n) is 5.03.